The molecule has 8 heteroatoms. The number of nitrogens with one attached hydrogen (secondary N) is 2. The van der Waals surface area contributed by atoms with E-state index in [-0.39, 0.29) is 23.6 Å². The maximum absolute atomic E-state index is 12.7. The molecule has 0 unspecified atom stereocenters. The number of benzene rings is 2. The molecule has 172 valence electrons. The van der Waals surface area contributed by atoms with Crippen molar-refractivity contribution in [2.24, 2.45) is 0 Å². The zero-order chi connectivity index (χ0) is 24.0. The van der Waals surface area contributed by atoms with Gasteiger partial charge in [-0.1, -0.05) is 42.1 Å². The summed E-state index contributed by atoms with van der Waals surface area (Å²) in [7, 11) is 0. The van der Waals surface area contributed by atoms with Crippen molar-refractivity contribution in [3.8, 4) is 0 Å². The zero-order valence-electron chi connectivity index (χ0n) is 19.4. The first-order chi connectivity index (χ1) is 15.8. The van der Waals surface area contributed by atoms with E-state index < -0.39 is 0 Å². The Bertz CT molecular complexity index is 1150. The Kier molecular flexibility index (Phi) is 8.06. The van der Waals surface area contributed by atoms with Crippen molar-refractivity contribution in [1.82, 2.24) is 20.1 Å². The van der Waals surface area contributed by atoms with Crippen LogP contribution in [0.1, 0.15) is 45.8 Å². The third-order valence-corrected chi connectivity index (χ3v) is 5.99. The lowest BCUT2D eigenvalue weighted by molar-refractivity contribution is -0.113. The molecule has 33 heavy (non-hydrogen) atoms. The van der Waals surface area contributed by atoms with Gasteiger partial charge in [0, 0.05) is 17.8 Å². The molecule has 2 aromatic carbocycles. The van der Waals surface area contributed by atoms with E-state index in [1.54, 1.807) is 12.1 Å². The first-order valence-electron chi connectivity index (χ1n) is 10.7. The summed E-state index contributed by atoms with van der Waals surface area (Å²) in [5.41, 5.74) is 4.49. The Labute approximate surface area is 198 Å². The molecule has 2 N–H and O–H groups in total. The second-order valence-corrected chi connectivity index (χ2v) is 8.91. The first kappa shape index (κ1) is 24.3. The number of carbonyl (C=O) groups is 2. The second-order valence-electron chi connectivity index (χ2n) is 7.96. The van der Waals surface area contributed by atoms with E-state index in [2.05, 4.69) is 33.5 Å². The number of thioether (sulfide) groups is 1. The average Bonchev–Trinajstić information content (AvgIpc) is 3.14. The maximum Gasteiger partial charge on any atom is 0.252 e. The van der Waals surface area contributed by atoms with Crippen molar-refractivity contribution in [2.75, 3.05) is 11.1 Å². The smallest absolute Gasteiger partial charge is 0.252 e. The summed E-state index contributed by atoms with van der Waals surface area (Å²) in [4.78, 5) is 25.2. The average molecular weight is 464 g/mol. The predicted molar refractivity (Wildman–Crippen MR) is 133 cm³/mol. The van der Waals surface area contributed by atoms with Crippen LogP contribution >= 0.6 is 11.8 Å². The van der Waals surface area contributed by atoms with Gasteiger partial charge in [0.1, 0.15) is 0 Å². The predicted octanol–water partition coefficient (Wildman–Crippen LogP) is 4.61. The second kappa shape index (κ2) is 11.0. The third-order valence-electron chi connectivity index (χ3n) is 5.02. The molecule has 0 aliphatic heterocycles. The number of allylic oxidation sites excluding steroid dienone is 1. The number of aromatic nitrogens is 3. The molecule has 2 amide bonds. The van der Waals surface area contributed by atoms with Crippen LogP contribution < -0.4 is 10.6 Å². The Morgan fingerprint density at radius 3 is 2.48 bits per heavy atom. The molecule has 0 saturated heterocycles. The topological polar surface area (TPSA) is 88.9 Å². The molecule has 1 heterocycles. The zero-order valence-corrected chi connectivity index (χ0v) is 20.2. The van der Waals surface area contributed by atoms with Gasteiger partial charge in [0.15, 0.2) is 11.0 Å². The van der Waals surface area contributed by atoms with Crippen LogP contribution in [0, 0.1) is 20.8 Å². The number of aryl methyl sites for hydroxylation is 3. The molecule has 0 radical (unpaired) electrons. The van der Waals surface area contributed by atoms with Crippen LogP contribution in [0.2, 0.25) is 0 Å². The van der Waals surface area contributed by atoms with Crippen LogP contribution in [0.15, 0.2) is 60.3 Å². The molecule has 3 rings (SSSR count). The highest BCUT2D eigenvalue weighted by Crippen LogP contribution is 2.22. The summed E-state index contributed by atoms with van der Waals surface area (Å²) >= 11 is 1.30. The van der Waals surface area contributed by atoms with Gasteiger partial charge in [-0.15, -0.1) is 16.8 Å². The standard InChI is InChI=1S/C25H29N5O2S/c1-6-11-30-23(19(5)26-24(32)21-10-8-7-9-18(21)4)28-29-25(30)33-15-22(31)27-20-13-16(2)12-17(3)14-20/h6-10,12-14,19H,1,11,15H2,2-5H3,(H,26,32)(H,27,31)/t19-/m0/s1. The fourth-order valence-corrected chi connectivity index (χ4v) is 4.32. The Morgan fingerprint density at radius 2 is 1.82 bits per heavy atom. The highest BCUT2D eigenvalue weighted by atomic mass is 32.2. The van der Waals surface area contributed by atoms with Gasteiger partial charge in [-0.2, -0.15) is 0 Å². The molecule has 0 bridgehead atoms. The molecule has 1 atom stereocenters. The summed E-state index contributed by atoms with van der Waals surface area (Å²) in [6.45, 7) is 12.0. The number of rotatable bonds is 9. The summed E-state index contributed by atoms with van der Waals surface area (Å²) in [5, 5.41) is 15.1. The van der Waals surface area contributed by atoms with Crippen LogP contribution in [0.5, 0.6) is 0 Å². The number of hydrogen-bond donors (Lipinski definition) is 2. The minimum absolute atomic E-state index is 0.124. The number of hydrogen-bond acceptors (Lipinski definition) is 5. The molecule has 0 aliphatic rings. The molecule has 3 aromatic rings. The minimum atomic E-state index is -0.372. The molecule has 7 nitrogen and oxygen atoms in total. The number of nitrogens with zero attached hydrogens (tertiary/aromatic N) is 3. The lowest BCUT2D eigenvalue weighted by Gasteiger charge is -2.16. The molecule has 0 saturated carbocycles. The van der Waals surface area contributed by atoms with E-state index in [9.17, 15) is 9.59 Å². The van der Waals surface area contributed by atoms with Gasteiger partial charge < -0.3 is 15.2 Å². The number of anilines is 1. The van der Waals surface area contributed by atoms with Crippen LogP contribution in [0.4, 0.5) is 5.69 Å². The molecular weight excluding hydrogens is 434 g/mol. The maximum atomic E-state index is 12.7. The van der Waals surface area contributed by atoms with E-state index in [1.807, 2.05) is 62.6 Å². The van der Waals surface area contributed by atoms with Crippen molar-refractivity contribution >= 4 is 29.3 Å². The van der Waals surface area contributed by atoms with Crippen molar-refractivity contribution in [2.45, 2.75) is 45.4 Å². The molecular formula is C25H29N5O2S. The fourth-order valence-electron chi connectivity index (χ4n) is 3.57. The van der Waals surface area contributed by atoms with Crippen molar-refractivity contribution in [3.63, 3.8) is 0 Å². The SMILES string of the molecule is C=CCn1c(SCC(=O)Nc2cc(C)cc(C)c2)nnc1[C@H](C)NC(=O)c1ccccc1C. The van der Waals surface area contributed by atoms with Gasteiger partial charge >= 0.3 is 0 Å². The van der Waals surface area contributed by atoms with E-state index in [0.29, 0.717) is 23.1 Å². The summed E-state index contributed by atoms with van der Waals surface area (Å²) < 4.78 is 1.87. The summed E-state index contributed by atoms with van der Waals surface area (Å²) in [6, 6.07) is 13.0. The summed E-state index contributed by atoms with van der Waals surface area (Å²) in [6.07, 6.45) is 1.74. The largest absolute Gasteiger partial charge is 0.342 e. The van der Waals surface area contributed by atoms with Gasteiger partial charge in [0.2, 0.25) is 5.91 Å². The molecule has 0 aliphatic carbocycles. The third kappa shape index (κ3) is 6.32. The van der Waals surface area contributed by atoms with Gasteiger partial charge in [0.25, 0.3) is 5.91 Å². The molecule has 0 fully saturated rings. The summed E-state index contributed by atoms with van der Waals surface area (Å²) in [5.74, 6) is 0.497. The van der Waals surface area contributed by atoms with Crippen molar-refractivity contribution < 1.29 is 9.59 Å². The van der Waals surface area contributed by atoms with Crippen molar-refractivity contribution in [3.05, 3.63) is 83.2 Å². The van der Waals surface area contributed by atoms with Crippen LogP contribution in [0.3, 0.4) is 0 Å². The van der Waals surface area contributed by atoms with Crippen LogP contribution in [-0.2, 0) is 11.3 Å². The Balaban J connectivity index is 1.68. The number of amides is 2. The first-order valence-corrected chi connectivity index (χ1v) is 11.7. The van der Waals surface area contributed by atoms with Gasteiger partial charge in [-0.05, 0) is 62.6 Å². The van der Waals surface area contributed by atoms with Gasteiger partial charge in [-0.25, -0.2) is 0 Å². The quantitative estimate of drug-likeness (QED) is 0.357. The lowest BCUT2D eigenvalue weighted by atomic mass is 10.1. The Morgan fingerprint density at radius 1 is 1.12 bits per heavy atom. The monoisotopic (exact) mass is 463 g/mol. The van der Waals surface area contributed by atoms with Gasteiger partial charge in [0.05, 0.1) is 11.8 Å². The van der Waals surface area contributed by atoms with Crippen molar-refractivity contribution in [1.29, 1.82) is 0 Å². The highest BCUT2D eigenvalue weighted by Gasteiger charge is 2.21. The van der Waals surface area contributed by atoms with Gasteiger partial charge in [-0.3, -0.25) is 9.59 Å². The molecule has 1 aromatic heterocycles. The van der Waals surface area contributed by atoms with Crippen LogP contribution in [0.25, 0.3) is 0 Å². The Hall–Kier alpha value is -3.39. The van der Waals surface area contributed by atoms with Crippen LogP contribution in [-0.4, -0.2) is 32.3 Å². The van der Waals surface area contributed by atoms with E-state index in [4.69, 9.17) is 0 Å². The number of carbonyl (C=O) groups excluding carboxylic acids is 2. The highest BCUT2D eigenvalue weighted by molar-refractivity contribution is 7.99. The lowest BCUT2D eigenvalue weighted by Crippen LogP contribution is -2.29. The van der Waals surface area contributed by atoms with E-state index >= 15 is 0 Å². The normalized spacial score (nSPS) is 11.6. The minimum Gasteiger partial charge on any atom is -0.342 e. The molecule has 0 spiro atoms. The van der Waals surface area contributed by atoms with E-state index in [1.165, 1.54) is 11.8 Å². The van der Waals surface area contributed by atoms with E-state index in [0.717, 1.165) is 22.4 Å². The fraction of sp³-hybridized carbons (Fsp3) is 0.280.